The zero-order chi connectivity index (χ0) is 25.8. The van der Waals surface area contributed by atoms with E-state index < -0.39 is 0 Å². The molecule has 5 heterocycles. The number of carbonyl (C=O) groups excluding carboxylic acids is 2. The third kappa shape index (κ3) is 4.00. The number of hydrogen-bond acceptors (Lipinski definition) is 7. The van der Waals surface area contributed by atoms with E-state index in [9.17, 15) is 9.59 Å². The lowest BCUT2D eigenvalue weighted by atomic mass is 9.95. The molecule has 2 amide bonds. The Kier molecular flexibility index (Phi) is 5.59. The van der Waals surface area contributed by atoms with Gasteiger partial charge in [-0.15, -0.1) is 0 Å². The van der Waals surface area contributed by atoms with E-state index in [0.29, 0.717) is 24.7 Å². The Morgan fingerprint density at radius 2 is 2.05 bits per heavy atom. The summed E-state index contributed by atoms with van der Waals surface area (Å²) in [5.74, 6) is 0.0176. The van der Waals surface area contributed by atoms with Gasteiger partial charge in [-0.2, -0.15) is 5.10 Å². The molecule has 2 fully saturated rings. The lowest BCUT2D eigenvalue weighted by Gasteiger charge is -2.27. The predicted molar refractivity (Wildman–Crippen MR) is 143 cm³/mol. The van der Waals surface area contributed by atoms with Gasteiger partial charge in [0.15, 0.2) is 5.13 Å². The number of nitrogens with zero attached hydrogens (tertiary/aromatic N) is 5. The fraction of sp³-hybridized carbons (Fsp3) is 0.321. The van der Waals surface area contributed by atoms with E-state index in [1.807, 2.05) is 52.2 Å². The standard InChI is InChI=1S/C28H26N6O3S/c1-16(35)30-28-31-23-9-8-22-25(18-3-2-10-29-13-18)32-34(26(22)27(23)38-28)19-6-4-17(5-7-19)11-24(36)33-14-21-12-20(33)15-37-21/h2-7,10,13,20-21H,8-9,11-12,14-15H2,1H3,(H,30,31,35). The van der Waals surface area contributed by atoms with Crippen LogP contribution in [0.2, 0.25) is 0 Å². The van der Waals surface area contributed by atoms with E-state index in [4.69, 9.17) is 9.84 Å². The summed E-state index contributed by atoms with van der Waals surface area (Å²) in [6.45, 7) is 2.85. The first kappa shape index (κ1) is 23.2. The van der Waals surface area contributed by atoms with Crippen molar-refractivity contribution in [3.8, 4) is 27.5 Å². The number of fused-ring (bicyclic) bond motifs is 5. The van der Waals surface area contributed by atoms with Crippen LogP contribution in [0.25, 0.3) is 27.5 Å². The topological polar surface area (TPSA) is 102 Å². The molecular weight excluding hydrogens is 500 g/mol. The van der Waals surface area contributed by atoms with E-state index in [2.05, 4.69) is 15.3 Å². The lowest BCUT2D eigenvalue weighted by molar-refractivity contribution is -0.134. The molecule has 3 aromatic heterocycles. The minimum atomic E-state index is -0.139. The number of amides is 2. The highest BCUT2D eigenvalue weighted by Gasteiger charge is 2.41. The monoisotopic (exact) mass is 526 g/mol. The first-order valence-corrected chi connectivity index (χ1v) is 13.7. The Labute approximate surface area is 223 Å². The van der Waals surface area contributed by atoms with Crippen LogP contribution in [0, 0.1) is 0 Å². The zero-order valence-electron chi connectivity index (χ0n) is 20.9. The first-order valence-electron chi connectivity index (χ1n) is 12.8. The molecule has 1 N–H and O–H groups in total. The van der Waals surface area contributed by atoms with Crippen molar-refractivity contribution in [2.75, 3.05) is 18.5 Å². The molecule has 0 radical (unpaired) electrons. The maximum atomic E-state index is 12.9. The number of morpholine rings is 1. The quantitative estimate of drug-likeness (QED) is 0.426. The Morgan fingerprint density at radius 1 is 1.18 bits per heavy atom. The Balaban J connectivity index is 1.24. The van der Waals surface area contributed by atoms with Crippen molar-refractivity contribution >= 4 is 28.3 Å². The number of carbonyl (C=O) groups is 2. The summed E-state index contributed by atoms with van der Waals surface area (Å²) in [4.78, 5) is 36.6. The van der Waals surface area contributed by atoms with Crippen LogP contribution in [0.5, 0.6) is 0 Å². The predicted octanol–water partition coefficient (Wildman–Crippen LogP) is 3.66. The Morgan fingerprint density at radius 3 is 2.76 bits per heavy atom. The molecule has 0 spiro atoms. The van der Waals surface area contributed by atoms with Crippen molar-refractivity contribution in [1.29, 1.82) is 0 Å². The minimum Gasteiger partial charge on any atom is -0.374 e. The van der Waals surface area contributed by atoms with Crippen LogP contribution in [0.15, 0.2) is 48.8 Å². The van der Waals surface area contributed by atoms with Crippen molar-refractivity contribution in [3.05, 3.63) is 65.6 Å². The van der Waals surface area contributed by atoms with Gasteiger partial charge in [-0.1, -0.05) is 23.5 Å². The van der Waals surface area contributed by atoms with E-state index in [1.54, 1.807) is 6.20 Å². The molecule has 3 aliphatic rings. The summed E-state index contributed by atoms with van der Waals surface area (Å²) in [5, 5.41) is 8.49. The summed E-state index contributed by atoms with van der Waals surface area (Å²) in [5.41, 5.74) is 6.86. The van der Waals surface area contributed by atoms with Crippen molar-refractivity contribution in [2.24, 2.45) is 0 Å². The van der Waals surface area contributed by atoms with Crippen LogP contribution in [-0.4, -0.2) is 61.8 Å². The maximum Gasteiger partial charge on any atom is 0.227 e. The number of aromatic nitrogens is 4. The molecular formula is C28H26N6O3S. The van der Waals surface area contributed by atoms with Gasteiger partial charge in [0.1, 0.15) is 0 Å². The normalized spacial score (nSPS) is 19.3. The SMILES string of the molecule is CC(=O)Nc1nc2c(s1)-c1c(c(-c3cccnc3)nn1-c1ccc(CC(=O)N3CC4CC3CO4)cc1)CC2. The molecule has 38 heavy (non-hydrogen) atoms. The van der Waals surface area contributed by atoms with Crippen LogP contribution >= 0.6 is 11.3 Å². The molecule has 2 aliphatic heterocycles. The van der Waals surface area contributed by atoms with Crippen molar-refractivity contribution in [2.45, 2.75) is 44.8 Å². The molecule has 1 aromatic carbocycles. The van der Waals surface area contributed by atoms with Crippen LogP contribution in [-0.2, 0) is 33.6 Å². The Hall–Kier alpha value is -3.89. The van der Waals surface area contributed by atoms with Crippen molar-refractivity contribution in [3.63, 3.8) is 0 Å². The average molecular weight is 527 g/mol. The number of hydrogen-bond donors (Lipinski definition) is 1. The second kappa shape index (κ2) is 9.14. The summed E-state index contributed by atoms with van der Waals surface area (Å²) >= 11 is 1.48. The number of pyridine rings is 1. The molecule has 2 atom stereocenters. The number of thiazole rings is 1. The first-order chi connectivity index (χ1) is 18.5. The van der Waals surface area contributed by atoms with Crippen molar-refractivity contribution in [1.82, 2.24) is 24.6 Å². The van der Waals surface area contributed by atoms with Gasteiger partial charge in [0.2, 0.25) is 11.8 Å². The van der Waals surface area contributed by atoms with Gasteiger partial charge in [-0.25, -0.2) is 9.67 Å². The third-order valence-corrected chi connectivity index (χ3v) is 8.50. The van der Waals surface area contributed by atoms with Crippen molar-refractivity contribution < 1.29 is 14.3 Å². The molecule has 4 aromatic rings. The van der Waals surface area contributed by atoms with E-state index >= 15 is 0 Å². The highest BCUT2D eigenvalue weighted by atomic mass is 32.1. The van der Waals surface area contributed by atoms with E-state index in [0.717, 1.165) is 63.6 Å². The van der Waals surface area contributed by atoms with Gasteiger partial charge in [-0.3, -0.25) is 14.6 Å². The van der Waals surface area contributed by atoms with Gasteiger partial charge in [0, 0.05) is 37.0 Å². The second-order valence-corrected chi connectivity index (χ2v) is 11.0. The van der Waals surface area contributed by atoms with Crippen LogP contribution in [0.3, 0.4) is 0 Å². The summed E-state index contributed by atoms with van der Waals surface area (Å²) < 4.78 is 7.61. The second-order valence-electron chi connectivity index (χ2n) is 10.0. The fourth-order valence-electron chi connectivity index (χ4n) is 5.73. The Bertz CT molecular complexity index is 1540. The van der Waals surface area contributed by atoms with E-state index in [-0.39, 0.29) is 24.0 Å². The van der Waals surface area contributed by atoms with Crippen LogP contribution in [0.4, 0.5) is 5.13 Å². The number of likely N-dealkylation sites (tertiary alicyclic amines) is 1. The smallest absolute Gasteiger partial charge is 0.227 e. The van der Waals surface area contributed by atoms with Gasteiger partial charge >= 0.3 is 0 Å². The molecule has 2 bridgehead atoms. The molecule has 9 nitrogen and oxygen atoms in total. The number of anilines is 1. The third-order valence-electron chi connectivity index (χ3n) is 7.48. The molecule has 2 unspecified atom stereocenters. The maximum absolute atomic E-state index is 12.9. The molecule has 10 heteroatoms. The van der Waals surface area contributed by atoms with Gasteiger partial charge < -0.3 is 15.0 Å². The lowest BCUT2D eigenvalue weighted by Crippen LogP contribution is -2.42. The zero-order valence-corrected chi connectivity index (χ0v) is 21.7. The van der Waals surface area contributed by atoms with Gasteiger partial charge in [-0.05, 0) is 49.1 Å². The molecule has 0 saturated carbocycles. The largest absolute Gasteiger partial charge is 0.374 e. The summed E-state index contributed by atoms with van der Waals surface area (Å²) in [7, 11) is 0. The number of ether oxygens (including phenoxy) is 1. The molecule has 192 valence electrons. The molecule has 2 saturated heterocycles. The molecule has 1 aliphatic carbocycles. The number of nitrogens with one attached hydrogen (secondary N) is 1. The number of benzene rings is 1. The fourth-order valence-corrected chi connectivity index (χ4v) is 6.85. The van der Waals surface area contributed by atoms with Crippen LogP contribution in [0.1, 0.15) is 30.2 Å². The summed E-state index contributed by atoms with van der Waals surface area (Å²) in [6, 6.07) is 12.2. The van der Waals surface area contributed by atoms with Gasteiger partial charge in [0.05, 0.1) is 52.8 Å². The van der Waals surface area contributed by atoms with Gasteiger partial charge in [0.25, 0.3) is 0 Å². The minimum absolute atomic E-state index is 0.139. The highest BCUT2D eigenvalue weighted by molar-refractivity contribution is 7.19. The highest BCUT2D eigenvalue weighted by Crippen LogP contribution is 2.44. The summed E-state index contributed by atoms with van der Waals surface area (Å²) in [6.07, 6.45) is 6.70. The molecule has 7 rings (SSSR count). The number of aryl methyl sites for hydroxylation is 1. The average Bonchev–Trinajstić information content (AvgIpc) is 3.71. The van der Waals surface area contributed by atoms with E-state index in [1.165, 1.54) is 18.3 Å². The number of rotatable bonds is 5. The van der Waals surface area contributed by atoms with Crippen LogP contribution < -0.4 is 5.32 Å².